The molecule has 0 saturated carbocycles. The van der Waals surface area contributed by atoms with Crippen LogP contribution < -0.4 is 0 Å². The molecule has 0 radical (unpaired) electrons. The van der Waals surface area contributed by atoms with E-state index in [0.29, 0.717) is 17.9 Å². The minimum absolute atomic E-state index is 0.0479. The second-order valence-electron chi connectivity index (χ2n) is 13.3. The van der Waals surface area contributed by atoms with Gasteiger partial charge >= 0.3 is 0 Å². The monoisotopic (exact) mass is 555 g/mol. The molecule has 0 aliphatic heterocycles. The van der Waals surface area contributed by atoms with Gasteiger partial charge in [-0.1, -0.05) is 59.8 Å². The fourth-order valence-electron chi connectivity index (χ4n) is 3.57. The lowest BCUT2D eigenvalue weighted by molar-refractivity contribution is 0.172. The van der Waals surface area contributed by atoms with Crippen LogP contribution in [0.15, 0.2) is 41.8 Å². The third-order valence-electron chi connectivity index (χ3n) is 7.95. The Morgan fingerprint density at radius 1 is 0.917 bits per heavy atom. The molecule has 2 atom stereocenters. The highest BCUT2D eigenvalue weighted by molar-refractivity contribution is 7.89. The molecule has 0 bridgehead atoms. The molecule has 0 amide bonds. The van der Waals surface area contributed by atoms with Crippen LogP contribution in [0.25, 0.3) is 0 Å². The highest BCUT2D eigenvalue weighted by Crippen LogP contribution is 2.40. The predicted molar refractivity (Wildman–Crippen MR) is 159 cm³/mol. The molecular formula is C28H53NO4SSi2. The Kier molecular flexibility index (Phi) is 11.0. The SMILES string of the molecule is C=CC[C@@H](CO[Si](C)(C)C(C)(C)C)N(C(C)C)S(=O)(=O)c1ccc([C@H](C)O[Si](C)(C)C(C)(C)C)cc1. The fourth-order valence-corrected chi connectivity index (χ4v) is 7.81. The van der Waals surface area contributed by atoms with Crippen LogP contribution in [0.2, 0.25) is 36.3 Å². The second-order valence-corrected chi connectivity index (χ2v) is 24.7. The van der Waals surface area contributed by atoms with Crippen LogP contribution in [0.5, 0.6) is 0 Å². The van der Waals surface area contributed by atoms with Gasteiger partial charge in [0.2, 0.25) is 10.0 Å². The van der Waals surface area contributed by atoms with Crippen molar-refractivity contribution in [1.82, 2.24) is 4.31 Å². The van der Waals surface area contributed by atoms with Crippen LogP contribution in [0, 0.1) is 0 Å². The normalized spacial score (nSPS) is 15.9. The van der Waals surface area contributed by atoms with Gasteiger partial charge in [-0.15, -0.1) is 6.58 Å². The molecule has 1 rings (SSSR count). The Labute approximate surface area is 225 Å². The zero-order valence-electron chi connectivity index (χ0n) is 25.2. The average Bonchev–Trinajstić information content (AvgIpc) is 2.70. The third kappa shape index (κ3) is 8.11. The first kappa shape index (κ1) is 33.3. The molecule has 0 heterocycles. The standard InChI is InChI=1S/C28H53NO4SSi2/c1-15-16-25(21-32-35(11,12)27(5,6)7)29(22(2)3)34(30,31)26-19-17-24(18-20-26)23(4)33-36(13,14)28(8,9)10/h15,17-20,22-23,25H,1,16,21H2,2-14H3/t23-,25-/m0/s1. The lowest BCUT2D eigenvalue weighted by Gasteiger charge is -2.40. The summed E-state index contributed by atoms with van der Waals surface area (Å²) in [5.41, 5.74) is 0.985. The molecule has 8 heteroatoms. The van der Waals surface area contributed by atoms with E-state index in [0.717, 1.165) is 5.56 Å². The van der Waals surface area contributed by atoms with E-state index in [1.54, 1.807) is 22.5 Å². The summed E-state index contributed by atoms with van der Waals surface area (Å²) in [6, 6.07) is 6.66. The van der Waals surface area contributed by atoms with E-state index in [2.05, 4.69) is 74.3 Å². The van der Waals surface area contributed by atoms with E-state index in [1.807, 2.05) is 32.9 Å². The lowest BCUT2D eigenvalue weighted by Crippen LogP contribution is -2.50. The van der Waals surface area contributed by atoms with Crippen LogP contribution in [0.1, 0.15) is 80.4 Å². The van der Waals surface area contributed by atoms with Gasteiger partial charge < -0.3 is 8.85 Å². The Morgan fingerprint density at radius 2 is 1.39 bits per heavy atom. The van der Waals surface area contributed by atoms with Crippen molar-refractivity contribution in [2.24, 2.45) is 0 Å². The zero-order chi connectivity index (χ0) is 28.3. The predicted octanol–water partition coefficient (Wildman–Crippen LogP) is 8.14. The van der Waals surface area contributed by atoms with Crippen molar-refractivity contribution < 1.29 is 17.3 Å². The molecule has 0 unspecified atom stereocenters. The highest BCUT2D eigenvalue weighted by Gasteiger charge is 2.41. The Morgan fingerprint density at radius 3 is 1.78 bits per heavy atom. The molecule has 36 heavy (non-hydrogen) atoms. The summed E-state index contributed by atoms with van der Waals surface area (Å²) in [6.07, 6.45) is 2.21. The van der Waals surface area contributed by atoms with Gasteiger partial charge in [0.15, 0.2) is 16.6 Å². The molecule has 1 aromatic rings. The maximum atomic E-state index is 13.9. The maximum Gasteiger partial charge on any atom is 0.243 e. The first-order valence-electron chi connectivity index (χ1n) is 13.1. The van der Waals surface area contributed by atoms with E-state index in [4.69, 9.17) is 8.85 Å². The second kappa shape index (κ2) is 12.0. The average molecular weight is 556 g/mol. The van der Waals surface area contributed by atoms with Gasteiger partial charge in [0, 0.05) is 6.04 Å². The summed E-state index contributed by atoms with van der Waals surface area (Å²) in [5, 5.41) is 0.154. The Hall–Kier alpha value is -0.776. The van der Waals surface area contributed by atoms with Crippen molar-refractivity contribution in [2.45, 2.75) is 128 Å². The summed E-state index contributed by atoms with van der Waals surface area (Å²) in [5.74, 6) is 0. The van der Waals surface area contributed by atoms with Crippen molar-refractivity contribution in [3.63, 3.8) is 0 Å². The van der Waals surface area contributed by atoms with Gasteiger partial charge in [-0.25, -0.2) is 8.42 Å². The minimum atomic E-state index is -3.74. The van der Waals surface area contributed by atoms with Gasteiger partial charge in [-0.3, -0.25) is 0 Å². The lowest BCUT2D eigenvalue weighted by atomic mass is 10.1. The summed E-state index contributed by atoms with van der Waals surface area (Å²) >= 11 is 0. The molecule has 0 aromatic heterocycles. The summed E-state index contributed by atoms with van der Waals surface area (Å²) < 4.78 is 42.3. The van der Waals surface area contributed by atoms with Crippen LogP contribution in [-0.4, -0.2) is 48.0 Å². The Bertz CT molecular complexity index is 959. The Balaban J connectivity index is 3.26. The summed E-state index contributed by atoms with van der Waals surface area (Å²) in [6.45, 7) is 32.2. The van der Waals surface area contributed by atoms with Crippen LogP contribution >= 0.6 is 0 Å². The van der Waals surface area contributed by atoms with Crippen LogP contribution in [-0.2, 0) is 18.9 Å². The smallest absolute Gasteiger partial charge is 0.243 e. The van der Waals surface area contributed by atoms with E-state index >= 15 is 0 Å². The molecule has 0 spiro atoms. The van der Waals surface area contributed by atoms with E-state index < -0.39 is 26.7 Å². The third-order valence-corrected chi connectivity index (χ3v) is 19.2. The van der Waals surface area contributed by atoms with Crippen molar-refractivity contribution in [1.29, 1.82) is 0 Å². The van der Waals surface area contributed by atoms with Gasteiger partial charge in [-0.2, -0.15) is 4.31 Å². The molecule has 0 aliphatic carbocycles. The van der Waals surface area contributed by atoms with Crippen molar-refractivity contribution >= 4 is 26.7 Å². The first-order valence-corrected chi connectivity index (χ1v) is 20.4. The number of rotatable bonds is 12. The fraction of sp³-hybridized carbons (Fsp3) is 0.714. The van der Waals surface area contributed by atoms with E-state index in [-0.39, 0.29) is 28.3 Å². The molecule has 0 fully saturated rings. The maximum absolute atomic E-state index is 13.9. The molecule has 0 aliphatic rings. The molecule has 208 valence electrons. The van der Waals surface area contributed by atoms with Crippen LogP contribution in [0.4, 0.5) is 0 Å². The van der Waals surface area contributed by atoms with Crippen molar-refractivity contribution in [3.05, 3.63) is 42.5 Å². The molecule has 0 N–H and O–H groups in total. The van der Waals surface area contributed by atoms with Crippen LogP contribution in [0.3, 0.4) is 0 Å². The molecular weight excluding hydrogens is 503 g/mol. The number of sulfonamides is 1. The molecule has 5 nitrogen and oxygen atoms in total. The summed E-state index contributed by atoms with van der Waals surface area (Å²) in [7, 11) is -7.72. The number of hydrogen-bond acceptors (Lipinski definition) is 4. The van der Waals surface area contributed by atoms with Gasteiger partial charge in [0.25, 0.3) is 0 Å². The highest BCUT2D eigenvalue weighted by atomic mass is 32.2. The van der Waals surface area contributed by atoms with E-state index in [9.17, 15) is 8.42 Å². The molecule has 0 saturated heterocycles. The van der Waals surface area contributed by atoms with E-state index in [1.165, 1.54) is 0 Å². The van der Waals surface area contributed by atoms with Gasteiger partial charge in [0.05, 0.1) is 23.6 Å². The first-order chi connectivity index (χ1) is 16.1. The number of hydrogen-bond donors (Lipinski definition) is 0. The molecule has 1 aromatic carbocycles. The zero-order valence-corrected chi connectivity index (χ0v) is 28.0. The van der Waals surface area contributed by atoms with Crippen molar-refractivity contribution in [2.75, 3.05) is 6.61 Å². The number of benzene rings is 1. The number of nitrogens with zero attached hydrogens (tertiary/aromatic N) is 1. The van der Waals surface area contributed by atoms with Crippen molar-refractivity contribution in [3.8, 4) is 0 Å². The van der Waals surface area contributed by atoms with Gasteiger partial charge in [-0.05, 0) is 81.2 Å². The van der Waals surface area contributed by atoms with Gasteiger partial charge in [0.1, 0.15) is 0 Å². The summed E-state index contributed by atoms with van der Waals surface area (Å²) in [4.78, 5) is 0.292. The topological polar surface area (TPSA) is 55.8 Å². The minimum Gasteiger partial charge on any atom is -0.415 e. The largest absolute Gasteiger partial charge is 0.415 e. The quantitative estimate of drug-likeness (QED) is 0.193.